The molecule has 1 aliphatic rings. The summed E-state index contributed by atoms with van der Waals surface area (Å²) in [6.45, 7) is 6.99. The van der Waals surface area contributed by atoms with Gasteiger partial charge in [0.05, 0.1) is 0 Å². The van der Waals surface area contributed by atoms with E-state index in [1.165, 1.54) is 0 Å². The Morgan fingerprint density at radius 1 is 1.05 bits per heavy atom. The summed E-state index contributed by atoms with van der Waals surface area (Å²) in [4.78, 5) is 0. The molecule has 0 N–H and O–H groups in total. The van der Waals surface area contributed by atoms with E-state index >= 15 is 0 Å². The summed E-state index contributed by atoms with van der Waals surface area (Å²) in [5, 5.41) is 19.3. The third-order valence-corrected chi connectivity index (χ3v) is 1.69. The molecule has 1 aliphatic carbocycles. The molecule has 0 radical (unpaired) electrons. The minimum Gasteiger partial charge on any atom is -0.854 e. The first-order chi connectivity index (χ1) is 8.33. The van der Waals surface area contributed by atoms with E-state index in [-0.39, 0.29) is 46.8 Å². The smallest absolute Gasteiger partial charge is 0.854 e. The van der Waals surface area contributed by atoms with Gasteiger partial charge in [0.1, 0.15) is 0 Å². The first kappa shape index (κ1) is 27.2. The monoisotopic (exact) mass is 340 g/mol. The molecule has 0 aromatic carbocycles. The summed E-state index contributed by atoms with van der Waals surface area (Å²) < 4.78 is 0. The second-order valence-electron chi connectivity index (χ2n) is 3.27. The Bertz CT molecular complexity index is 189. The molecular weight excluding hydrogens is 315 g/mol. The maximum atomic E-state index is 9.64. The van der Waals surface area contributed by atoms with Crippen molar-refractivity contribution in [1.82, 2.24) is 0 Å². The van der Waals surface area contributed by atoms with Crippen molar-refractivity contribution >= 4 is 0 Å². The molecule has 0 saturated heterocycles. The van der Waals surface area contributed by atoms with Gasteiger partial charge in [0.2, 0.25) is 0 Å². The van der Waals surface area contributed by atoms with Crippen molar-refractivity contribution in [3.8, 4) is 0 Å². The van der Waals surface area contributed by atoms with Crippen molar-refractivity contribution < 1.29 is 36.4 Å². The molecule has 0 bridgehead atoms. The molecule has 0 aromatic rings. The van der Waals surface area contributed by atoms with Crippen LogP contribution in [0.25, 0.3) is 0 Å². The average molecular weight is 342 g/mol. The molecule has 106 valence electrons. The maximum Gasteiger partial charge on any atom is 4.00 e. The van der Waals surface area contributed by atoms with E-state index in [0.717, 1.165) is 32.1 Å². The van der Waals surface area contributed by atoms with Crippen LogP contribution in [0.3, 0.4) is 0 Å². The second kappa shape index (κ2) is 30.6. The van der Waals surface area contributed by atoms with E-state index < -0.39 is 0 Å². The summed E-state index contributed by atoms with van der Waals surface area (Å²) in [5.74, 6) is 0. The number of hydrogen-bond donors (Lipinski definition) is 0. The predicted octanol–water partition coefficient (Wildman–Crippen LogP) is 2.38. The summed E-state index contributed by atoms with van der Waals surface area (Å²) in [5.41, 5.74) is 0. The Morgan fingerprint density at radius 2 is 1.53 bits per heavy atom. The van der Waals surface area contributed by atoms with Crippen LogP contribution in [-0.2, 0) is 26.2 Å². The van der Waals surface area contributed by atoms with E-state index in [9.17, 15) is 10.2 Å². The number of rotatable bonds is 6. The minimum absolute atomic E-state index is 0. The molecule has 2 nitrogen and oxygen atoms in total. The average Bonchev–Trinajstić information content (AvgIpc) is 2.93. The van der Waals surface area contributed by atoms with Crippen LogP contribution in [0.15, 0.2) is 43.5 Å². The Morgan fingerprint density at radius 3 is 1.63 bits per heavy atom. The fourth-order valence-corrected chi connectivity index (χ4v) is 0.796. The fraction of sp³-hybridized carbons (Fsp3) is 0.438. The van der Waals surface area contributed by atoms with Crippen LogP contribution in [0, 0.1) is 13.5 Å². The van der Waals surface area contributed by atoms with Crippen LogP contribution in [0.1, 0.15) is 32.1 Å². The zero-order valence-electron chi connectivity index (χ0n) is 12.1. The molecule has 0 atom stereocenters. The van der Waals surface area contributed by atoms with E-state index in [0.29, 0.717) is 0 Å². The molecule has 0 spiro atoms. The zero-order valence-corrected chi connectivity index (χ0v) is 14.5. The van der Waals surface area contributed by atoms with Crippen molar-refractivity contribution in [3.05, 3.63) is 57.0 Å². The van der Waals surface area contributed by atoms with E-state index in [1.54, 1.807) is 12.2 Å². The fourth-order valence-electron chi connectivity index (χ4n) is 0.796. The normalized spacial score (nSPS) is 9.79. The molecule has 0 heterocycles. The summed E-state index contributed by atoms with van der Waals surface area (Å²) in [6, 6.07) is 0. The van der Waals surface area contributed by atoms with Crippen molar-refractivity contribution in [2.75, 3.05) is 13.2 Å². The van der Waals surface area contributed by atoms with Gasteiger partial charge < -0.3 is 17.6 Å². The molecular formula is C16H26O2Zr. The minimum atomic E-state index is 0. The number of allylic oxidation sites excluding steroid dienone is 6. The van der Waals surface area contributed by atoms with Crippen LogP contribution in [0.5, 0.6) is 0 Å². The SMILES string of the molecule is C=CCCC[O-].C=CCCC[O-].[C-]1=CC=CC1.[CH3-].[Zr+4]. The topological polar surface area (TPSA) is 46.1 Å². The van der Waals surface area contributed by atoms with Gasteiger partial charge in [-0.15, -0.1) is 32.8 Å². The molecule has 0 aromatic heterocycles. The molecule has 1 rings (SSSR count). The molecule has 3 heteroatoms. The molecule has 0 aliphatic heterocycles. The van der Waals surface area contributed by atoms with Gasteiger partial charge in [-0.1, -0.05) is 25.0 Å². The number of unbranched alkanes of at least 4 members (excludes halogenated alkanes) is 2. The van der Waals surface area contributed by atoms with Gasteiger partial charge in [-0.05, 0) is 12.8 Å². The van der Waals surface area contributed by atoms with Gasteiger partial charge in [0, 0.05) is 0 Å². The molecule has 19 heavy (non-hydrogen) atoms. The Labute approximate surface area is 138 Å². The Balaban J connectivity index is -0.0000000845. The van der Waals surface area contributed by atoms with Gasteiger partial charge in [0.25, 0.3) is 0 Å². The first-order valence-corrected chi connectivity index (χ1v) is 5.93. The largest absolute Gasteiger partial charge is 4.00 e. The van der Waals surface area contributed by atoms with Gasteiger partial charge in [-0.25, -0.2) is 12.2 Å². The molecule has 0 amide bonds. The second-order valence-corrected chi connectivity index (χ2v) is 3.27. The van der Waals surface area contributed by atoms with Crippen LogP contribution >= 0.6 is 0 Å². The van der Waals surface area contributed by atoms with Gasteiger partial charge in [-0.2, -0.15) is 6.08 Å². The van der Waals surface area contributed by atoms with Crippen LogP contribution < -0.4 is 10.2 Å². The quantitative estimate of drug-likeness (QED) is 0.423. The van der Waals surface area contributed by atoms with Crippen LogP contribution in [0.2, 0.25) is 0 Å². The van der Waals surface area contributed by atoms with Crippen molar-refractivity contribution in [2.24, 2.45) is 0 Å². The summed E-state index contributed by atoms with van der Waals surface area (Å²) in [6.07, 6.45) is 16.7. The van der Waals surface area contributed by atoms with E-state index in [1.807, 2.05) is 12.2 Å². The standard InChI is InChI=1S/2C5H9O.C5H5.CH3.Zr/c2*1-2-3-4-5-6;1-2-4-5-3-1;;/h2*2H,1,3-5H2;1-3H,4H2;1H3;/q4*-1;+4. The van der Waals surface area contributed by atoms with Crippen molar-refractivity contribution in [1.29, 1.82) is 0 Å². The predicted molar refractivity (Wildman–Crippen MR) is 76.6 cm³/mol. The first-order valence-electron chi connectivity index (χ1n) is 5.93. The third-order valence-electron chi connectivity index (χ3n) is 1.69. The van der Waals surface area contributed by atoms with Crippen molar-refractivity contribution in [3.63, 3.8) is 0 Å². The third kappa shape index (κ3) is 38.1. The summed E-state index contributed by atoms with van der Waals surface area (Å²) >= 11 is 0. The van der Waals surface area contributed by atoms with Crippen molar-refractivity contribution in [2.45, 2.75) is 32.1 Å². The molecule has 0 fully saturated rings. The molecule has 0 unspecified atom stereocenters. The summed E-state index contributed by atoms with van der Waals surface area (Å²) in [7, 11) is 0. The molecule has 0 saturated carbocycles. The van der Waals surface area contributed by atoms with E-state index in [2.05, 4.69) is 25.3 Å². The zero-order chi connectivity index (χ0) is 13.2. The van der Waals surface area contributed by atoms with Gasteiger partial charge in [0.15, 0.2) is 0 Å². The maximum absolute atomic E-state index is 9.64. The Hall–Kier alpha value is -0.237. The van der Waals surface area contributed by atoms with Crippen LogP contribution in [0.4, 0.5) is 0 Å². The van der Waals surface area contributed by atoms with Crippen LogP contribution in [-0.4, -0.2) is 13.2 Å². The van der Waals surface area contributed by atoms with Gasteiger partial charge >= 0.3 is 26.2 Å². The number of hydrogen-bond acceptors (Lipinski definition) is 2. The van der Waals surface area contributed by atoms with Gasteiger partial charge in [-0.3, -0.25) is 6.08 Å². The Kier molecular flexibility index (Phi) is 43.8. The van der Waals surface area contributed by atoms with E-state index in [4.69, 9.17) is 0 Å².